The molecule has 0 atom stereocenters. The average molecular weight is 348 g/mol. The number of aromatic nitrogens is 3. The summed E-state index contributed by atoms with van der Waals surface area (Å²) in [6, 6.07) is 11.1. The summed E-state index contributed by atoms with van der Waals surface area (Å²) in [5.41, 5.74) is 7.12. The van der Waals surface area contributed by atoms with Crippen LogP contribution in [0.15, 0.2) is 47.1 Å². The molecule has 7 heteroatoms. The fourth-order valence-electron chi connectivity index (χ4n) is 1.84. The number of nitrogens with two attached hydrogens (primary N) is 1. The molecule has 1 aromatic carbocycles. The fourth-order valence-corrected chi connectivity index (χ4v) is 2.27. The minimum Gasteiger partial charge on any atom is -0.492 e. The molecule has 0 bridgehead atoms. The Bertz CT molecular complexity index is 741. The Balaban J connectivity index is 1.54. The van der Waals surface area contributed by atoms with E-state index in [1.165, 1.54) is 0 Å². The van der Waals surface area contributed by atoms with Gasteiger partial charge in [-0.05, 0) is 52.3 Å². The second-order valence-electron chi connectivity index (χ2n) is 4.40. The van der Waals surface area contributed by atoms with Crippen molar-refractivity contribution in [2.24, 2.45) is 0 Å². The molecule has 3 aromatic rings. The smallest absolute Gasteiger partial charge is 0.243 e. The topological polar surface area (TPSA) is 77.5 Å². The van der Waals surface area contributed by atoms with Crippen molar-refractivity contribution in [2.45, 2.75) is 0 Å². The third kappa shape index (κ3) is 3.25. The summed E-state index contributed by atoms with van der Waals surface area (Å²) in [7, 11) is 0. The van der Waals surface area contributed by atoms with Gasteiger partial charge in [-0.2, -0.15) is 4.98 Å². The summed E-state index contributed by atoms with van der Waals surface area (Å²) in [5, 5.41) is 7.45. The first-order chi connectivity index (χ1) is 10.2. The maximum absolute atomic E-state index is 5.62. The summed E-state index contributed by atoms with van der Waals surface area (Å²) in [5.74, 6) is 1.36. The highest BCUT2D eigenvalue weighted by molar-refractivity contribution is 9.10. The second kappa shape index (κ2) is 6.01. The highest BCUT2D eigenvalue weighted by atomic mass is 79.9. The lowest BCUT2D eigenvalue weighted by atomic mass is 10.3. The number of anilines is 2. The zero-order chi connectivity index (χ0) is 14.7. The molecule has 0 amide bonds. The van der Waals surface area contributed by atoms with Gasteiger partial charge in [-0.1, -0.05) is 0 Å². The highest BCUT2D eigenvalue weighted by Crippen LogP contribution is 2.16. The molecule has 0 aliphatic carbocycles. The Morgan fingerprint density at radius 3 is 2.81 bits per heavy atom. The van der Waals surface area contributed by atoms with E-state index in [1.807, 2.05) is 42.6 Å². The molecule has 3 rings (SSSR count). The average Bonchev–Trinajstić information content (AvgIpc) is 2.90. The second-order valence-corrected chi connectivity index (χ2v) is 5.26. The van der Waals surface area contributed by atoms with E-state index in [-0.39, 0.29) is 0 Å². The summed E-state index contributed by atoms with van der Waals surface area (Å²) >= 11 is 3.44. The quantitative estimate of drug-likeness (QED) is 0.547. The highest BCUT2D eigenvalue weighted by Gasteiger charge is 2.05. The van der Waals surface area contributed by atoms with Crippen molar-refractivity contribution in [3.63, 3.8) is 0 Å². The Kier molecular flexibility index (Phi) is 3.92. The molecule has 0 aliphatic rings. The number of pyridine rings is 1. The predicted molar refractivity (Wildman–Crippen MR) is 85.5 cm³/mol. The molecule has 0 saturated carbocycles. The zero-order valence-corrected chi connectivity index (χ0v) is 12.7. The number of rotatable bonds is 5. The summed E-state index contributed by atoms with van der Waals surface area (Å²) in [6.45, 7) is 1.12. The number of ether oxygens (including phenoxy) is 1. The van der Waals surface area contributed by atoms with Crippen LogP contribution in [0, 0.1) is 0 Å². The van der Waals surface area contributed by atoms with E-state index >= 15 is 0 Å². The van der Waals surface area contributed by atoms with E-state index in [0.29, 0.717) is 19.1 Å². The van der Waals surface area contributed by atoms with Gasteiger partial charge in [-0.3, -0.25) is 0 Å². The van der Waals surface area contributed by atoms with Gasteiger partial charge in [0.15, 0.2) is 5.65 Å². The molecule has 2 heterocycles. The monoisotopic (exact) mass is 347 g/mol. The SMILES string of the molecule is Nc1ccc(OCCNc2nc3c(Br)cccn3n2)cc1. The number of nitrogen functional groups attached to an aromatic ring is 1. The molecule has 6 nitrogen and oxygen atoms in total. The van der Waals surface area contributed by atoms with Crippen molar-refractivity contribution in [1.82, 2.24) is 14.6 Å². The maximum atomic E-state index is 5.62. The van der Waals surface area contributed by atoms with E-state index in [1.54, 1.807) is 4.52 Å². The molecular weight excluding hydrogens is 334 g/mol. The van der Waals surface area contributed by atoms with Crippen LogP contribution in [-0.2, 0) is 0 Å². The first kappa shape index (κ1) is 13.7. The fraction of sp³-hybridized carbons (Fsp3) is 0.143. The number of hydrogen-bond donors (Lipinski definition) is 2. The van der Waals surface area contributed by atoms with Gasteiger partial charge in [0, 0.05) is 11.9 Å². The van der Waals surface area contributed by atoms with Crippen molar-refractivity contribution >= 4 is 33.2 Å². The van der Waals surface area contributed by atoms with Crippen LogP contribution in [0.3, 0.4) is 0 Å². The summed E-state index contributed by atoms with van der Waals surface area (Å²) < 4.78 is 8.21. The van der Waals surface area contributed by atoms with E-state index in [0.717, 1.165) is 21.6 Å². The molecule has 0 fully saturated rings. The predicted octanol–water partition coefficient (Wildman–Crippen LogP) is 2.56. The Labute approximate surface area is 130 Å². The molecule has 0 radical (unpaired) electrons. The third-order valence-electron chi connectivity index (χ3n) is 2.85. The van der Waals surface area contributed by atoms with Gasteiger partial charge in [-0.15, -0.1) is 5.10 Å². The third-order valence-corrected chi connectivity index (χ3v) is 3.47. The lowest BCUT2D eigenvalue weighted by Crippen LogP contribution is -2.12. The lowest BCUT2D eigenvalue weighted by molar-refractivity contribution is 0.332. The summed E-state index contributed by atoms with van der Waals surface area (Å²) in [4.78, 5) is 4.39. The molecule has 0 saturated heterocycles. The molecule has 3 N–H and O–H groups in total. The first-order valence-electron chi connectivity index (χ1n) is 6.45. The Hall–Kier alpha value is -2.28. The van der Waals surface area contributed by atoms with Gasteiger partial charge in [0.05, 0.1) is 11.0 Å². The molecule has 0 spiro atoms. The van der Waals surface area contributed by atoms with Crippen molar-refractivity contribution in [3.05, 3.63) is 47.1 Å². The number of halogens is 1. The van der Waals surface area contributed by atoms with Gasteiger partial charge in [0.25, 0.3) is 0 Å². The Morgan fingerprint density at radius 2 is 2.05 bits per heavy atom. The maximum Gasteiger partial charge on any atom is 0.243 e. The standard InChI is InChI=1S/C14H14BrN5O/c15-12-2-1-8-20-13(12)18-14(19-20)17-7-9-21-11-5-3-10(16)4-6-11/h1-6,8H,7,9,16H2,(H,17,19). The van der Waals surface area contributed by atoms with Crippen LogP contribution in [0.5, 0.6) is 5.75 Å². The van der Waals surface area contributed by atoms with E-state index in [9.17, 15) is 0 Å². The normalized spacial score (nSPS) is 10.7. The number of nitrogens with zero attached hydrogens (tertiary/aromatic N) is 3. The van der Waals surface area contributed by atoms with Crippen LogP contribution in [0.4, 0.5) is 11.6 Å². The van der Waals surface area contributed by atoms with Crippen molar-refractivity contribution in [1.29, 1.82) is 0 Å². The van der Waals surface area contributed by atoms with Crippen molar-refractivity contribution in [3.8, 4) is 5.75 Å². The minimum atomic E-state index is 0.515. The van der Waals surface area contributed by atoms with Gasteiger partial charge in [0.2, 0.25) is 5.95 Å². The van der Waals surface area contributed by atoms with E-state index in [2.05, 4.69) is 31.3 Å². The molecule has 21 heavy (non-hydrogen) atoms. The van der Waals surface area contributed by atoms with Crippen LogP contribution in [0.25, 0.3) is 5.65 Å². The van der Waals surface area contributed by atoms with Gasteiger partial charge in [-0.25, -0.2) is 4.52 Å². The molecular formula is C14H14BrN5O. The zero-order valence-electron chi connectivity index (χ0n) is 11.2. The number of nitrogens with one attached hydrogen (secondary N) is 1. The van der Waals surface area contributed by atoms with Crippen LogP contribution in [-0.4, -0.2) is 27.7 Å². The van der Waals surface area contributed by atoms with Gasteiger partial charge < -0.3 is 15.8 Å². The molecule has 108 valence electrons. The molecule has 2 aromatic heterocycles. The Morgan fingerprint density at radius 1 is 1.24 bits per heavy atom. The van der Waals surface area contributed by atoms with Gasteiger partial charge in [0.1, 0.15) is 12.4 Å². The number of benzene rings is 1. The largest absolute Gasteiger partial charge is 0.492 e. The van der Waals surface area contributed by atoms with E-state index in [4.69, 9.17) is 10.5 Å². The van der Waals surface area contributed by atoms with Crippen molar-refractivity contribution in [2.75, 3.05) is 24.2 Å². The van der Waals surface area contributed by atoms with Gasteiger partial charge >= 0.3 is 0 Å². The minimum absolute atomic E-state index is 0.515. The summed E-state index contributed by atoms with van der Waals surface area (Å²) in [6.07, 6.45) is 1.85. The van der Waals surface area contributed by atoms with Crippen molar-refractivity contribution < 1.29 is 4.74 Å². The van der Waals surface area contributed by atoms with Crippen LogP contribution < -0.4 is 15.8 Å². The number of fused-ring (bicyclic) bond motifs is 1. The van der Waals surface area contributed by atoms with Crippen LogP contribution in [0.2, 0.25) is 0 Å². The van der Waals surface area contributed by atoms with E-state index < -0.39 is 0 Å². The molecule has 0 aliphatic heterocycles. The van der Waals surface area contributed by atoms with Crippen LogP contribution in [0.1, 0.15) is 0 Å². The first-order valence-corrected chi connectivity index (χ1v) is 7.25. The lowest BCUT2D eigenvalue weighted by Gasteiger charge is -2.06. The van der Waals surface area contributed by atoms with Crippen LogP contribution >= 0.6 is 15.9 Å². The molecule has 0 unspecified atom stereocenters. The number of hydrogen-bond acceptors (Lipinski definition) is 5.